The highest BCUT2D eigenvalue weighted by molar-refractivity contribution is 6.30. The maximum absolute atomic E-state index is 12.6. The number of aromatic nitrogens is 2. The zero-order chi connectivity index (χ0) is 17.8. The molecule has 0 spiro atoms. The number of nitrogens with zero attached hydrogens (tertiary/aromatic N) is 2. The van der Waals surface area contributed by atoms with E-state index in [1.54, 1.807) is 35.2 Å². The third-order valence-corrected chi connectivity index (χ3v) is 4.46. The van der Waals surface area contributed by atoms with Gasteiger partial charge in [-0.05, 0) is 49.6 Å². The molecule has 8 heteroatoms. The second-order valence-electron chi connectivity index (χ2n) is 5.91. The van der Waals surface area contributed by atoms with E-state index in [0.717, 1.165) is 19.3 Å². The third kappa shape index (κ3) is 4.11. The number of nitrogens with one attached hydrogen (secondary N) is 1. The minimum atomic E-state index is -0.595. The van der Waals surface area contributed by atoms with Gasteiger partial charge in [0, 0.05) is 11.6 Å². The Labute approximate surface area is 150 Å². The molecule has 1 atom stereocenters. The van der Waals surface area contributed by atoms with Gasteiger partial charge in [0.25, 0.3) is 11.8 Å². The molecule has 1 aromatic carbocycles. The first-order valence-corrected chi connectivity index (χ1v) is 8.45. The maximum atomic E-state index is 12.6. The van der Waals surface area contributed by atoms with Gasteiger partial charge in [-0.3, -0.25) is 14.7 Å². The highest BCUT2D eigenvalue weighted by atomic mass is 35.5. The molecule has 1 aromatic heterocycles. The first-order chi connectivity index (χ1) is 12.0. The summed E-state index contributed by atoms with van der Waals surface area (Å²) in [4.78, 5) is 25.6. The summed E-state index contributed by atoms with van der Waals surface area (Å²) in [6, 6.07) is 8.31. The number of ether oxygens (including phenoxy) is 1. The standard InChI is InChI=1S/C17H19ClN4O3/c18-11-4-6-12(7-5-11)25-10-16(23)22-8-2-1-3-15(22)13-9-14(17(19)24)21-20-13/h4-7,9,15H,1-3,8,10H2,(H2,19,24)(H,20,21). The summed E-state index contributed by atoms with van der Waals surface area (Å²) in [7, 11) is 0. The molecular weight excluding hydrogens is 344 g/mol. The first kappa shape index (κ1) is 17.3. The van der Waals surface area contributed by atoms with Crippen LogP contribution in [0.25, 0.3) is 0 Å². The van der Waals surface area contributed by atoms with Crippen molar-refractivity contribution in [3.05, 3.63) is 46.7 Å². The first-order valence-electron chi connectivity index (χ1n) is 8.07. The minimum absolute atomic E-state index is 0.0606. The van der Waals surface area contributed by atoms with Gasteiger partial charge in [0.1, 0.15) is 11.4 Å². The van der Waals surface area contributed by atoms with Crippen molar-refractivity contribution in [2.45, 2.75) is 25.3 Å². The Morgan fingerprint density at radius 1 is 1.32 bits per heavy atom. The Morgan fingerprint density at radius 3 is 2.76 bits per heavy atom. The Kier molecular flexibility index (Phi) is 5.23. The lowest BCUT2D eigenvalue weighted by molar-refractivity contribution is -0.137. The lowest BCUT2D eigenvalue weighted by atomic mass is 9.99. The smallest absolute Gasteiger partial charge is 0.269 e. The number of aromatic amines is 1. The highest BCUT2D eigenvalue weighted by Crippen LogP contribution is 2.30. The van der Waals surface area contributed by atoms with Crippen LogP contribution in [0, 0.1) is 0 Å². The summed E-state index contributed by atoms with van der Waals surface area (Å²) >= 11 is 5.83. The van der Waals surface area contributed by atoms with E-state index in [-0.39, 0.29) is 24.2 Å². The van der Waals surface area contributed by atoms with E-state index in [1.165, 1.54) is 0 Å². The average Bonchev–Trinajstić information content (AvgIpc) is 3.11. The SMILES string of the molecule is NC(=O)c1cc(C2CCCCN2C(=O)COc2ccc(Cl)cc2)[nH]n1. The van der Waals surface area contributed by atoms with Crippen LogP contribution < -0.4 is 10.5 Å². The Hall–Kier alpha value is -2.54. The molecule has 0 aliphatic carbocycles. The summed E-state index contributed by atoms with van der Waals surface area (Å²) in [5.41, 5.74) is 6.13. The van der Waals surface area contributed by atoms with Crippen LogP contribution in [0.3, 0.4) is 0 Å². The molecule has 132 valence electrons. The summed E-state index contributed by atoms with van der Waals surface area (Å²) in [6.45, 7) is 0.577. The topological polar surface area (TPSA) is 101 Å². The van der Waals surface area contributed by atoms with Gasteiger partial charge in [0.15, 0.2) is 6.61 Å². The van der Waals surface area contributed by atoms with Crippen molar-refractivity contribution in [1.82, 2.24) is 15.1 Å². The van der Waals surface area contributed by atoms with E-state index in [0.29, 0.717) is 23.0 Å². The average molecular weight is 363 g/mol. The molecule has 0 radical (unpaired) electrons. The number of benzene rings is 1. The van der Waals surface area contributed by atoms with Gasteiger partial charge in [0.05, 0.1) is 11.7 Å². The maximum Gasteiger partial charge on any atom is 0.269 e. The lowest BCUT2D eigenvalue weighted by Crippen LogP contribution is -2.41. The van der Waals surface area contributed by atoms with Crippen molar-refractivity contribution in [3.8, 4) is 5.75 Å². The number of primary amides is 1. The number of nitrogens with two attached hydrogens (primary N) is 1. The molecule has 0 bridgehead atoms. The Morgan fingerprint density at radius 2 is 2.08 bits per heavy atom. The number of halogens is 1. The number of piperidine rings is 1. The second-order valence-corrected chi connectivity index (χ2v) is 6.35. The summed E-state index contributed by atoms with van der Waals surface area (Å²) in [5, 5.41) is 7.34. The van der Waals surface area contributed by atoms with Crippen molar-refractivity contribution >= 4 is 23.4 Å². The predicted octanol–water partition coefficient (Wildman–Crippen LogP) is 2.29. The van der Waals surface area contributed by atoms with E-state index in [2.05, 4.69) is 10.2 Å². The van der Waals surface area contributed by atoms with Crippen LogP contribution in [0.5, 0.6) is 5.75 Å². The van der Waals surface area contributed by atoms with E-state index >= 15 is 0 Å². The van der Waals surface area contributed by atoms with Crippen LogP contribution in [0.2, 0.25) is 5.02 Å². The quantitative estimate of drug-likeness (QED) is 0.851. The van der Waals surface area contributed by atoms with Gasteiger partial charge in [0.2, 0.25) is 0 Å². The molecule has 2 heterocycles. The number of carbonyl (C=O) groups excluding carboxylic acids is 2. The van der Waals surface area contributed by atoms with Crippen molar-refractivity contribution < 1.29 is 14.3 Å². The molecule has 1 fully saturated rings. The fourth-order valence-corrected chi connectivity index (χ4v) is 3.07. The van der Waals surface area contributed by atoms with Crippen molar-refractivity contribution in [1.29, 1.82) is 0 Å². The number of hydrogen-bond donors (Lipinski definition) is 2. The minimum Gasteiger partial charge on any atom is -0.484 e. The zero-order valence-corrected chi connectivity index (χ0v) is 14.3. The Balaban J connectivity index is 1.67. The van der Waals surface area contributed by atoms with Crippen LogP contribution in [0.15, 0.2) is 30.3 Å². The molecule has 1 aliphatic rings. The van der Waals surface area contributed by atoms with Gasteiger partial charge in [-0.25, -0.2) is 0 Å². The van der Waals surface area contributed by atoms with E-state index < -0.39 is 5.91 Å². The van der Waals surface area contributed by atoms with Crippen molar-refractivity contribution in [2.75, 3.05) is 13.2 Å². The second kappa shape index (κ2) is 7.57. The lowest BCUT2D eigenvalue weighted by Gasteiger charge is -2.35. The molecular formula is C17H19ClN4O3. The van der Waals surface area contributed by atoms with Crippen LogP contribution in [-0.2, 0) is 4.79 Å². The summed E-state index contributed by atoms with van der Waals surface area (Å²) in [5.74, 6) is -0.124. The molecule has 2 amide bonds. The van der Waals surface area contributed by atoms with Gasteiger partial charge >= 0.3 is 0 Å². The normalized spacial score (nSPS) is 17.3. The molecule has 1 aliphatic heterocycles. The molecule has 1 unspecified atom stereocenters. The van der Waals surface area contributed by atoms with Gasteiger partial charge in [-0.15, -0.1) is 0 Å². The van der Waals surface area contributed by atoms with Gasteiger partial charge in [-0.2, -0.15) is 5.10 Å². The molecule has 7 nitrogen and oxygen atoms in total. The predicted molar refractivity (Wildman–Crippen MR) is 92.4 cm³/mol. The van der Waals surface area contributed by atoms with Gasteiger partial charge < -0.3 is 15.4 Å². The Bertz CT molecular complexity index is 760. The van der Waals surface area contributed by atoms with Crippen molar-refractivity contribution in [3.63, 3.8) is 0 Å². The molecule has 0 saturated carbocycles. The van der Waals surface area contributed by atoms with Crippen LogP contribution in [0.4, 0.5) is 0 Å². The van der Waals surface area contributed by atoms with Crippen LogP contribution in [-0.4, -0.2) is 40.1 Å². The van der Waals surface area contributed by atoms with E-state index in [4.69, 9.17) is 22.1 Å². The molecule has 3 N–H and O–H groups in total. The summed E-state index contributed by atoms with van der Waals surface area (Å²) < 4.78 is 5.55. The van der Waals surface area contributed by atoms with Crippen LogP contribution >= 0.6 is 11.6 Å². The molecule has 25 heavy (non-hydrogen) atoms. The monoisotopic (exact) mass is 362 g/mol. The third-order valence-electron chi connectivity index (χ3n) is 4.21. The van der Waals surface area contributed by atoms with E-state index in [1.807, 2.05) is 0 Å². The number of amides is 2. The molecule has 3 rings (SSSR count). The summed E-state index contributed by atoms with van der Waals surface area (Å²) in [6.07, 6.45) is 2.73. The number of hydrogen-bond acceptors (Lipinski definition) is 4. The van der Waals surface area contributed by atoms with Crippen molar-refractivity contribution in [2.24, 2.45) is 5.73 Å². The largest absolute Gasteiger partial charge is 0.484 e. The number of H-pyrrole nitrogens is 1. The van der Waals surface area contributed by atoms with Gasteiger partial charge in [-0.1, -0.05) is 11.6 Å². The zero-order valence-electron chi connectivity index (χ0n) is 13.6. The highest BCUT2D eigenvalue weighted by Gasteiger charge is 2.29. The van der Waals surface area contributed by atoms with E-state index in [9.17, 15) is 9.59 Å². The fourth-order valence-electron chi connectivity index (χ4n) is 2.95. The molecule has 2 aromatic rings. The molecule has 1 saturated heterocycles. The number of rotatable bonds is 5. The van der Waals surface area contributed by atoms with Crippen LogP contribution in [0.1, 0.15) is 41.5 Å². The number of carbonyl (C=O) groups is 2. The number of likely N-dealkylation sites (tertiary alicyclic amines) is 1. The fraction of sp³-hybridized carbons (Fsp3) is 0.353.